The number of nitrogens with zero attached hydrogens (tertiary/aromatic N) is 2. The van der Waals surface area contributed by atoms with Crippen molar-refractivity contribution in [1.82, 2.24) is 9.80 Å². The van der Waals surface area contributed by atoms with Crippen molar-refractivity contribution < 1.29 is 9.90 Å². The highest BCUT2D eigenvalue weighted by Gasteiger charge is 2.42. The van der Waals surface area contributed by atoms with E-state index in [-0.39, 0.29) is 12.0 Å². The Morgan fingerprint density at radius 2 is 1.89 bits per heavy atom. The van der Waals surface area contributed by atoms with Crippen LogP contribution in [0.3, 0.4) is 0 Å². The molecule has 3 rings (SSSR count). The molecule has 2 saturated heterocycles. The van der Waals surface area contributed by atoms with Crippen molar-refractivity contribution >= 4 is 5.97 Å². The topological polar surface area (TPSA) is 43.8 Å². The first-order valence-corrected chi connectivity index (χ1v) is 7.89. The molecule has 1 N–H and O–H groups in total. The number of carboxylic acids is 1. The smallest absolute Gasteiger partial charge is 0.308 e. The number of carbonyl (C=O) groups is 1. The maximum atomic E-state index is 11.5. The van der Waals surface area contributed by atoms with E-state index in [2.05, 4.69) is 16.7 Å². The van der Waals surface area contributed by atoms with Crippen molar-refractivity contribution in [3.05, 3.63) is 0 Å². The Bertz CT molecular complexity index is 347. The van der Waals surface area contributed by atoms with Gasteiger partial charge in [-0.3, -0.25) is 14.6 Å². The van der Waals surface area contributed by atoms with Gasteiger partial charge < -0.3 is 5.11 Å². The molecule has 3 fully saturated rings. The molecule has 4 heteroatoms. The molecule has 0 aromatic rings. The Balaban J connectivity index is 1.73. The molecule has 1 aliphatic carbocycles. The summed E-state index contributed by atoms with van der Waals surface area (Å²) in [6.45, 7) is 5.75. The minimum atomic E-state index is -0.578. The van der Waals surface area contributed by atoms with E-state index >= 15 is 0 Å². The van der Waals surface area contributed by atoms with Gasteiger partial charge >= 0.3 is 5.97 Å². The van der Waals surface area contributed by atoms with Crippen LogP contribution >= 0.6 is 0 Å². The van der Waals surface area contributed by atoms with Crippen LogP contribution in [0.25, 0.3) is 0 Å². The second-order valence-electron chi connectivity index (χ2n) is 6.63. The minimum Gasteiger partial charge on any atom is -0.481 e. The van der Waals surface area contributed by atoms with E-state index in [4.69, 9.17) is 0 Å². The Morgan fingerprint density at radius 1 is 1.11 bits per heavy atom. The fraction of sp³-hybridized carbons (Fsp3) is 0.933. The van der Waals surface area contributed by atoms with E-state index in [0.29, 0.717) is 12.1 Å². The molecule has 19 heavy (non-hydrogen) atoms. The number of hydrogen-bond donors (Lipinski definition) is 1. The predicted molar refractivity (Wildman–Crippen MR) is 74.1 cm³/mol. The van der Waals surface area contributed by atoms with Crippen LogP contribution in [-0.4, -0.2) is 58.6 Å². The number of aliphatic carboxylic acids is 1. The van der Waals surface area contributed by atoms with Crippen LogP contribution in [0, 0.1) is 5.92 Å². The molecular weight excluding hydrogens is 240 g/mol. The molecule has 3 aliphatic rings. The molecule has 0 spiro atoms. The zero-order valence-corrected chi connectivity index (χ0v) is 11.9. The number of rotatable bonds is 2. The van der Waals surface area contributed by atoms with Gasteiger partial charge in [0.05, 0.1) is 5.92 Å². The second-order valence-corrected chi connectivity index (χ2v) is 6.63. The summed E-state index contributed by atoms with van der Waals surface area (Å²) in [5.41, 5.74) is 0. The lowest BCUT2D eigenvalue weighted by atomic mass is 9.82. The molecule has 2 heterocycles. The molecular formula is C15H26N2O2. The van der Waals surface area contributed by atoms with Crippen molar-refractivity contribution in [3.63, 3.8) is 0 Å². The number of piperazine rings is 1. The average Bonchev–Trinajstić information content (AvgIpc) is 2.84. The lowest BCUT2D eigenvalue weighted by Crippen LogP contribution is -2.60. The fourth-order valence-corrected chi connectivity index (χ4v) is 4.47. The Kier molecular flexibility index (Phi) is 3.81. The molecule has 4 atom stereocenters. The highest BCUT2D eigenvalue weighted by Crippen LogP contribution is 2.34. The summed E-state index contributed by atoms with van der Waals surface area (Å²) in [6.07, 6.45) is 6.86. The fourth-order valence-electron chi connectivity index (χ4n) is 4.47. The van der Waals surface area contributed by atoms with Crippen LogP contribution < -0.4 is 0 Å². The summed E-state index contributed by atoms with van der Waals surface area (Å²) in [6, 6.07) is 1.48. The van der Waals surface area contributed by atoms with Crippen LogP contribution in [-0.2, 0) is 4.79 Å². The predicted octanol–water partition coefficient (Wildman–Crippen LogP) is 1.80. The lowest BCUT2D eigenvalue weighted by molar-refractivity contribution is -0.147. The van der Waals surface area contributed by atoms with E-state index in [9.17, 15) is 9.90 Å². The quantitative estimate of drug-likeness (QED) is 0.827. The van der Waals surface area contributed by atoms with Crippen LogP contribution in [0.4, 0.5) is 0 Å². The standard InChI is InChI=1S/C15H26N2O2/c1-11-9-16-8-4-5-12(16)10-17(11)14-7-3-2-6-13(14)15(18)19/h11-14H,2-10H2,1H3,(H,18,19). The Morgan fingerprint density at radius 3 is 2.68 bits per heavy atom. The minimum absolute atomic E-state index is 0.135. The zero-order valence-electron chi connectivity index (χ0n) is 11.9. The molecule has 1 saturated carbocycles. The summed E-state index contributed by atoms with van der Waals surface area (Å²) in [4.78, 5) is 16.6. The molecule has 0 amide bonds. The van der Waals surface area contributed by atoms with E-state index in [1.165, 1.54) is 25.8 Å². The zero-order chi connectivity index (χ0) is 13.4. The SMILES string of the molecule is CC1CN2CCCC2CN1C1CCCCC1C(=O)O. The monoisotopic (exact) mass is 266 g/mol. The number of hydrogen-bond acceptors (Lipinski definition) is 3. The van der Waals surface area contributed by atoms with Crippen molar-refractivity contribution in [2.45, 2.75) is 63.6 Å². The van der Waals surface area contributed by atoms with Crippen LogP contribution in [0.15, 0.2) is 0 Å². The maximum Gasteiger partial charge on any atom is 0.308 e. The van der Waals surface area contributed by atoms with Gasteiger partial charge in [0, 0.05) is 31.2 Å². The highest BCUT2D eigenvalue weighted by atomic mass is 16.4. The molecule has 0 bridgehead atoms. The summed E-state index contributed by atoms with van der Waals surface area (Å²) < 4.78 is 0. The van der Waals surface area contributed by atoms with Crippen molar-refractivity contribution in [2.24, 2.45) is 5.92 Å². The number of fused-ring (bicyclic) bond motifs is 1. The molecule has 0 aromatic heterocycles. The van der Waals surface area contributed by atoms with Gasteiger partial charge in [-0.15, -0.1) is 0 Å². The first-order chi connectivity index (χ1) is 9.16. The van der Waals surface area contributed by atoms with Gasteiger partial charge in [-0.05, 0) is 39.2 Å². The molecule has 108 valence electrons. The first kappa shape index (κ1) is 13.4. The Labute approximate surface area is 115 Å². The van der Waals surface area contributed by atoms with E-state index in [1.807, 2.05) is 0 Å². The Hall–Kier alpha value is -0.610. The molecule has 0 aromatic carbocycles. The average molecular weight is 266 g/mol. The van der Waals surface area contributed by atoms with Gasteiger partial charge in [-0.25, -0.2) is 0 Å². The first-order valence-electron chi connectivity index (χ1n) is 7.89. The summed E-state index contributed by atoms with van der Waals surface area (Å²) >= 11 is 0. The largest absolute Gasteiger partial charge is 0.481 e. The maximum absolute atomic E-state index is 11.5. The van der Waals surface area contributed by atoms with Crippen molar-refractivity contribution in [1.29, 1.82) is 0 Å². The van der Waals surface area contributed by atoms with Gasteiger partial charge in [-0.1, -0.05) is 12.8 Å². The summed E-state index contributed by atoms with van der Waals surface area (Å²) in [7, 11) is 0. The third kappa shape index (κ3) is 2.52. The van der Waals surface area contributed by atoms with Gasteiger partial charge in [0.25, 0.3) is 0 Å². The third-order valence-corrected chi connectivity index (χ3v) is 5.46. The number of carboxylic acid groups (broad SMARTS) is 1. The van der Waals surface area contributed by atoms with Gasteiger partial charge in [0.1, 0.15) is 0 Å². The summed E-state index contributed by atoms with van der Waals surface area (Å²) in [5.74, 6) is -0.713. The second kappa shape index (κ2) is 5.41. The molecule has 2 aliphatic heterocycles. The van der Waals surface area contributed by atoms with Crippen LogP contribution in [0.2, 0.25) is 0 Å². The van der Waals surface area contributed by atoms with E-state index < -0.39 is 5.97 Å². The van der Waals surface area contributed by atoms with Gasteiger partial charge in [-0.2, -0.15) is 0 Å². The summed E-state index contributed by atoms with van der Waals surface area (Å²) in [5, 5.41) is 9.48. The van der Waals surface area contributed by atoms with Crippen LogP contribution in [0.5, 0.6) is 0 Å². The lowest BCUT2D eigenvalue weighted by Gasteiger charge is -2.48. The molecule has 4 nitrogen and oxygen atoms in total. The van der Waals surface area contributed by atoms with Crippen molar-refractivity contribution in [3.8, 4) is 0 Å². The van der Waals surface area contributed by atoms with E-state index in [1.54, 1.807) is 0 Å². The van der Waals surface area contributed by atoms with Crippen molar-refractivity contribution in [2.75, 3.05) is 19.6 Å². The highest BCUT2D eigenvalue weighted by molar-refractivity contribution is 5.71. The normalized spacial score (nSPS) is 41.1. The van der Waals surface area contributed by atoms with Gasteiger partial charge in [0.2, 0.25) is 0 Å². The molecule has 0 radical (unpaired) electrons. The van der Waals surface area contributed by atoms with Gasteiger partial charge in [0.15, 0.2) is 0 Å². The van der Waals surface area contributed by atoms with Crippen LogP contribution in [0.1, 0.15) is 45.4 Å². The molecule has 4 unspecified atom stereocenters. The van der Waals surface area contributed by atoms with E-state index in [0.717, 1.165) is 32.4 Å². The third-order valence-electron chi connectivity index (χ3n) is 5.46.